The molecule has 0 aliphatic rings. The standard InChI is InChI=1S/C61H118O17P2/c1-7-11-13-15-17-19-24-31-37-43-58(63)71-49-56(77-60(65)45-39-33-25-20-18-16-14-12-8-2)51-75-79(67,68)73-47-55(62)48-74-80(69,70)76-52-57(50-72-59(64)44-38-32-28-27-30-36-42-54(6)10-4)78-61(66)46-40-34-26-22-21-23-29-35-41-53(5)9-3/h53-57,62H,7-52H2,1-6H3,(H,67,68)(H,69,70)/t53?,54?,55-,56+,57+/m0/s1. The number of ether oxygens (including phenoxy) is 4. The van der Waals surface area contributed by atoms with Gasteiger partial charge >= 0.3 is 39.5 Å². The third-order valence-corrected chi connectivity index (χ3v) is 16.6. The highest BCUT2D eigenvalue weighted by atomic mass is 31.2. The quantitative estimate of drug-likeness (QED) is 0.0222. The molecule has 0 amide bonds. The molecule has 0 aliphatic heterocycles. The minimum atomic E-state index is -4.94. The molecule has 0 saturated heterocycles. The third-order valence-electron chi connectivity index (χ3n) is 14.7. The molecule has 0 aromatic carbocycles. The summed E-state index contributed by atoms with van der Waals surface area (Å²) in [5, 5.41) is 10.5. The Morgan fingerprint density at radius 2 is 0.600 bits per heavy atom. The van der Waals surface area contributed by atoms with Gasteiger partial charge in [0.25, 0.3) is 0 Å². The molecule has 0 fully saturated rings. The second kappa shape index (κ2) is 53.8. The fourth-order valence-corrected chi connectivity index (χ4v) is 10.5. The van der Waals surface area contributed by atoms with Crippen molar-refractivity contribution in [2.75, 3.05) is 39.6 Å². The second-order valence-corrected chi connectivity index (χ2v) is 25.5. The summed E-state index contributed by atoms with van der Waals surface area (Å²) in [6.45, 7) is 9.39. The van der Waals surface area contributed by atoms with Gasteiger partial charge in [-0.25, -0.2) is 9.13 Å². The number of phosphoric acid groups is 2. The first-order valence-corrected chi connectivity index (χ1v) is 35.1. The van der Waals surface area contributed by atoms with E-state index in [0.29, 0.717) is 25.7 Å². The van der Waals surface area contributed by atoms with Crippen molar-refractivity contribution in [3.8, 4) is 0 Å². The van der Waals surface area contributed by atoms with Crippen LogP contribution in [0.2, 0.25) is 0 Å². The van der Waals surface area contributed by atoms with Gasteiger partial charge in [-0.1, -0.05) is 247 Å². The Hall–Kier alpha value is -1.94. The van der Waals surface area contributed by atoms with Crippen LogP contribution in [0.4, 0.5) is 0 Å². The van der Waals surface area contributed by atoms with Gasteiger partial charge in [-0.2, -0.15) is 0 Å². The summed E-state index contributed by atoms with van der Waals surface area (Å²) in [6.07, 6.45) is 34.8. The molecule has 0 aliphatic carbocycles. The summed E-state index contributed by atoms with van der Waals surface area (Å²) < 4.78 is 67.8. The highest BCUT2D eigenvalue weighted by Gasteiger charge is 2.30. The van der Waals surface area contributed by atoms with Crippen LogP contribution in [-0.4, -0.2) is 96.7 Å². The zero-order valence-corrected chi connectivity index (χ0v) is 53.2. The van der Waals surface area contributed by atoms with Gasteiger partial charge in [0, 0.05) is 25.7 Å². The first-order chi connectivity index (χ1) is 38.4. The Morgan fingerprint density at radius 3 is 0.887 bits per heavy atom. The van der Waals surface area contributed by atoms with Crippen LogP contribution in [0.3, 0.4) is 0 Å². The molecule has 4 unspecified atom stereocenters. The maximum atomic E-state index is 12.9. The van der Waals surface area contributed by atoms with Crippen LogP contribution in [0.1, 0.15) is 298 Å². The van der Waals surface area contributed by atoms with E-state index < -0.39 is 97.5 Å². The van der Waals surface area contributed by atoms with E-state index in [9.17, 15) is 43.2 Å². The number of phosphoric ester groups is 2. The average molecular weight is 1190 g/mol. The molecular formula is C61H118O17P2. The molecule has 7 atom stereocenters. The average Bonchev–Trinajstić information content (AvgIpc) is 3.43. The zero-order chi connectivity index (χ0) is 59.4. The van der Waals surface area contributed by atoms with Crippen molar-refractivity contribution < 1.29 is 80.2 Å². The Kier molecular flexibility index (Phi) is 52.5. The SMILES string of the molecule is CCCCCCCCCCCC(=O)OC[C@H](COP(=O)(O)OC[C@H](O)COP(=O)(O)OC[C@@H](COC(=O)CCCCCCCCC(C)CC)OC(=O)CCCCCCCCCCC(C)CC)OC(=O)CCCCCCCCCCC. The predicted octanol–water partition coefficient (Wildman–Crippen LogP) is 16.5. The molecule has 0 radical (unpaired) electrons. The third kappa shape index (κ3) is 52.8. The van der Waals surface area contributed by atoms with Crippen molar-refractivity contribution >= 4 is 39.5 Å². The molecule has 0 heterocycles. The Balaban J connectivity index is 5.24. The van der Waals surface area contributed by atoms with Crippen molar-refractivity contribution in [2.24, 2.45) is 11.8 Å². The Bertz CT molecular complexity index is 1590. The highest BCUT2D eigenvalue weighted by Crippen LogP contribution is 2.45. The van der Waals surface area contributed by atoms with Gasteiger partial charge in [0.15, 0.2) is 12.2 Å². The van der Waals surface area contributed by atoms with Gasteiger partial charge in [-0.05, 0) is 37.5 Å². The van der Waals surface area contributed by atoms with Crippen LogP contribution >= 0.6 is 15.6 Å². The van der Waals surface area contributed by atoms with Gasteiger partial charge in [0.2, 0.25) is 0 Å². The summed E-state index contributed by atoms with van der Waals surface area (Å²) in [4.78, 5) is 72.0. The normalized spacial score (nSPS) is 15.1. The van der Waals surface area contributed by atoms with Gasteiger partial charge < -0.3 is 33.8 Å². The van der Waals surface area contributed by atoms with Crippen molar-refractivity contribution in [3.05, 3.63) is 0 Å². The number of carbonyl (C=O) groups excluding carboxylic acids is 4. The summed E-state index contributed by atoms with van der Waals surface area (Å²) in [5.41, 5.74) is 0. The largest absolute Gasteiger partial charge is 0.472 e. The second-order valence-electron chi connectivity index (χ2n) is 22.6. The van der Waals surface area contributed by atoms with Crippen LogP contribution < -0.4 is 0 Å². The lowest BCUT2D eigenvalue weighted by Crippen LogP contribution is -2.30. The van der Waals surface area contributed by atoms with Crippen LogP contribution in [0.5, 0.6) is 0 Å². The number of esters is 4. The number of carbonyl (C=O) groups is 4. The summed E-state index contributed by atoms with van der Waals surface area (Å²) in [5.74, 6) is -0.642. The van der Waals surface area contributed by atoms with E-state index in [0.717, 1.165) is 108 Å². The van der Waals surface area contributed by atoms with E-state index in [1.807, 2.05) is 0 Å². The summed E-state index contributed by atoms with van der Waals surface area (Å²) >= 11 is 0. The van der Waals surface area contributed by atoms with Crippen molar-refractivity contribution in [1.29, 1.82) is 0 Å². The minimum absolute atomic E-state index is 0.104. The van der Waals surface area contributed by atoms with E-state index >= 15 is 0 Å². The van der Waals surface area contributed by atoms with E-state index in [-0.39, 0.29) is 25.7 Å². The molecule has 0 aromatic rings. The van der Waals surface area contributed by atoms with Crippen molar-refractivity contribution in [1.82, 2.24) is 0 Å². The molecule has 0 bridgehead atoms. The minimum Gasteiger partial charge on any atom is -0.462 e. The number of hydrogen-bond donors (Lipinski definition) is 3. The number of aliphatic hydroxyl groups excluding tert-OH is 1. The highest BCUT2D eigenvalue weighted by molar-refractivity contribution is 7.47. The van der Waals surface area contributed by atoms with Gasteiger partial charge in [0.05, 0.1) is 26.4 Å². The number of aliphatic hydroxyl groups is 1. The van der Waals surface area contributed by atoms with Crippen LogP contribution in [-0.2, 0) is 65.4 Å². The van der Waals surface area contributed by atoms with Gasteiger partial charge in [0.1, 0.15) is 19.3 Å². The molecule has 0 aromatic heterocycles. The monoisotopic (exact) mass is 1180 g/mol. The Labute approximate surface area is 486 Å². The Morgan fingerprint density at radius 1 is 0.350 bits per heavy atom. The molecule has 17 nitrogen and oxygen atoms in total. The zero-order valence-electron chi connectivity index (χ0n) is 51.4. The molecule has 0 rings (SSSR count). The predicted molar refractivity (Wildman–Crippen MR) is 317 cm³/mol. The lowest BCUT2D eigenvalue weighted by atomic mass is 9.99. The maximum Gasteiger partial charge on any atom is 0.472 e. The maximum absolute atomic E-state index is 12.9. The number of rotatable bonds is 60. The lowest BCUT2D eigenvalue weighted by molar-refractivity contribution is -0.161. The van der Waals surface area contributed by atoms with E-state index in [1.165, 1.54) is 109 Å². The molecule has 80 heavy (non-hydrogen) atoms. The number of hydrogen-bond acceptors (Lipinski definition) is 15. The summed E-state index contributed by atoms with van der Waals surface area (Å²) in [7, 11) is -9.88. The fourth-order valence-electron chi connectivity index (χ4n) is 8.94. The fraction of sp³-hybridized carbons (Fsp3) is 0.934. The smallest absolute Gasteiger partial charge is 0.462 e. The van der Waals surface area contributed by atoms with Crippen molar-refractivity contribution in [2.45, 2.75) is 317 Å². The first-order valence-electron chi connectivity index (χ1n) is 32.1. The van der Waals surface area contributed by atoms with Crippen LogP contribution in [0.25, 0.3) is 0 Å². The molecule has 3 N–H and O–H groups in total. The lowest BCUT2D eigenvalue weighted by Gasteiger charge is -2.21. The molecule has 0 spiro atoms. The first kappa shape index (κ1) is 78.1. The van der Waals surface area contributed by atoms with Gasteiger partial charge in [-0.15, -0.1) is 0 Å². The van der Waals surface area contributed by atoms with Crippen LogP contribution in [0.15, 0.2) is 0 Å². The molecular weight excluding hydrogens is 1070 g/mol. The van der Waals surface area contributed by atoms with E-state index in [1.54, 1.807) is 0 Å². The van der Waals surface area contributed by atoms with E-state index in [4.69, 9.17) is 37.0 Å². The molecule has 474 valence electrons. The molecule has 0 saturated carbocycles. The van der Waals surface area contributed by atoms with E-state index in [2.05, 4.69) is 41.5 Å². The topological polar surface area (TPSA) is 237 Å². The van der Waals surface area contributed by atoms with Crippen LogP contribution in [0, 0.1) is 11.8 Å². The number of unbranched alkanes of at least 4 members (excludes halogenated alkanes) is 28. The molecule has 19 heteroatoms. The van der Waals surface area contributed by atoms with Gasteiger partial charge in [-0.3, -0.25) is 37.3 Å². The van der Waals surface area contributed by atoms with Crippen molar-refractivity contribution in [3.63, 3.8) is 0 Å². The summed E-state index contributed by atoms with van der Waals surface area (Å²) in [6, 6.07) is 0.